The van der Waals surface area contributed by atoms with Crippen molar-refractivity contribution < 1.29 is 9.53 Å². The Morgan fingerprint density at radius 3 is 2.71 bits per heavy atom. The van der Waals surface area contributed by atoms with Crippen LogP contribution in [-0.2, 0) is 0 Å². The first-order chi connectivity index (χ1) is 10.2. The summed E-state index contributed by atoms with van der Waals surface area (Å²) in [5.41, 5.74) is 0. The quantitative estimate of drug-likeness (QED) is 0.847. The van der Waals surface area contributed by atoms with E-state index in [9.17, 15) is 4.79 Å². The number of para-hydroxylation sites is 1. The van der Waals surface area contributed by atoms with Crippen molar-refractivity contribution in [3.05, 3.63) is 29.3 Å². The number of likely N-dealkylation sites (N-methyl/N-ethyl adjacent to an activating group) is 1. The van der Waals surface area contributed by atoms with Gasteiger partial charge >= 0.3 is 6.03 Å². The van der Waals surface area contributed by atoms with Crippen LogP contribution >= 0.6 is 11.6 Å². The summed E-state index contributed by atoms with van der Waals surface area (Å²) < 4.78 is 5.57. The number of nitrogens with one attached hydrogen (secondary N) is 1. The van der Waals surface area contributed by atoms with E-state index in [-0.39, 0.29) is 6.03 Å². The van der Waals surface area contributed by atoms with Gasteiger partial charge in [-0.3, -0.25) is 0 Å². The standard InChI is InChI=1S/C15H22ClN3O2/c1-18-8-10-19(11-9-18)15(20)17-7-4-12-21-14-6-3-2-5-13(14)16/h2-3,5-6H,4,7-12H2,1H3,(H,17,20). The predicted molar refractivity (Wildman–Crippen MR) is 84.0 cm³/mol. The Morgan fingerprint density at radius 2 is 2.00 bits per heavy atom. The fourth-order valence-corrected chi connectivity index (χ4v) is 2.32. The molecule has 0 saturated carbocycles. The Balaban J connectivity index is 1.59. The van der Waals surface area contributed by atoms with Gasteiger partial charge < -0.3 is 19.9 Å². The minimum absolute atomic E-state index is 0.0147. The zero-order chi connectivity index (χ0) is 15.1. The van der Waals surface area contributed by atoms with Crippen molar-refractivity contribution in [1.82, 2.24) is 15.1 Å². The normalized spacial score (nSPS) is 15.8. The molecule has 0 radical (unpaired) electrons. The maximum atomic E-state index is 11.9. The summed E-state index contributed by atoms with van der Waals surface area (Å²) in [6.07, 6.45) is 0.755. The summed E-state index contributed by atoms with van der Waals surface area (Å²) >= 11 is 6.00. The molecule has 5 nitrogen and oxygen atoms in total. The lowest BCUT2D eigenvalue weighted by Crippen LogP contribution is -2.50. The number of ether oxygens (including phenoxy) is 1. The maximum absolute atomic E-state index is 11.9. The molecule has 0 bridgehead atoms. The van der Waals surface area contributed by atoms with Gasteiger partial charge in [0.25, 0.3) is 0 Å². The summed E-state index contributed by atoms with van der Waals surface area (Å²) in [4.78, 5) is 16.0. The van der Waals surface area contributed by atoms with Crippen LogP contribution in [0.15, 0.2) is 24.3 Å². The monoisotopic (exact) mass is 311 g/mol. The molecule has 1 aliphatic heterocycles. The summed E-state index contributed by atoms with van der Waals surface area (Å²) in [7, 11) is 2.07. The Labute approximate surface area is 130 Å². The molecule has 1 fully saturated rings. The van der Waals surface area contributed by atoms with Gasteiger partial charge in [-0.1, -0.05) is 23.7 Å². The number of hydrogen-bond acceptors (Lipinski definition) is 3. The largest absolute Gasteiger partial charge is 0.492 e. The lowest BCUT2D eigenvalue weighted by atomic mass is 10.3. The number of piperazine rings is 1. The Hall–Kier alpha value is -1.46. The molecule has 0 unspecified atom stereocenters. The molecule has 1 aromatic rings. The summed E-state index contributed by atoms with van der Waals surface area (Å²) in [5, 5.41) is 3.53. The predicted octanol–water partition coefficient (Wildman–Crippen LogP) is 2.07. The van der Waals surface area contributed by atoms with Gasteiger partial charge in [0.15, 0.2) is 0 Å². The SMILES string of the molecule is CN1CCN(C(=O)NCCCOc2ccccc2Cl)CC1. The summed E-state index contributed by atoms with van der Waals surface area (Å²) in [6.45, 7) is 4.59. The molecular formula is C15H22ClN3O2. The van der Waals surface area contributed by atoms with Crippen molar-refractivity contribution in [2.24, 2.45) is 0 Å². The number of carbonyl (C=O) groups excluding carboxylic acids is 1. The van der Waals surface area contributed by atoms with Crippen LogP contribution in [0.25, 0.3) is 0 Å². The number of amides is 2. The van der Waals surface area contributed by atoms with Crippen molar-refractivity contribution in [3.8, 4) is 5.75 Å². The van der Waals surface area contributed by atoms with Crippen molar-refractivity contribution in [2.45, 2.75) is 6.42 Å². The highest BCUT2D eigenvalue weighted by molar-refractivity contribution is 6.32. The van der Waals surface area contributed by atoms with E-state index in [2.05, 4.69) is 17.3 Å². The second-order valence-corrected chi connectivity index (χ2v) is 5.56. The van der Waals surface area contributed by atoms with Gasteiger partial charge in [-0.25, -0.2) is 4.79 Å². The third kappa shape index (κ3) is 5.10. The van der Waals surface area contributed by atoms with Crippen LogP contribution in [-0.4, -0.2) is 62.2 Å². The van der Waals surface area contributed by atoms with E-state index in [1.165, 1.54) is 0 Å². The second kappa shape index (κ2) is 8.10. The van der Waals surface area contributed by atoms with Gasteiger partial charge in [0.1, 0.15) is 5.75 Å². The molecule has 1 aliphatic rings. The topological polar surface area (TPSA) is 44.8 Å². The molecule has 6 heteroatoms. The van der Waals surface area contributed by atoms with Gasteiger partial charge in [0, 0.05) is 32.7 Å². The fourth-order valence-electron chi connectivity index (χ4n) is 2.13. The minimum Gasteiger partial charge on any atom is -0.492 e. The number of benzene rings is 1. The lowest BCUT2D eigenvalue weighted by Gasteiger charge is -2.32. The molecule has 0 aromatic heterocycles. The van der Waals surface area contributed by atoms with Crippen LogP contribution in [0.2, 0.25) is 5.02 Å². The molecule has 1 aromatic carbocycles. The molecule has 2 rings (SSSR count). The van der Waals surface area contributed by atoms with Crippen LogP contribution in [0.5, 0.6) is 5.75 Å². The Bertz CT molecular complexity index is 462. The number of urea groups is 1. The zero-order valence-electron chi connectivity index (χ0n) is 12.3. The highest BCUT2D eigenvalue weighted by Crippen LogP contribution is 2.22. The molecular weight excluding hydrogens is 290 g/mol. The zero-order valence-corrected chi connectivity index (χ0v) is 13.1. The van der Waals surface area contributed by atoms with Crippen molar-refractivity contribution in [3.63, 3.8) is 0 Å². The smallest absolute Gasteiger partial charge is 0.317 e. The molecule has 0 spiro atoms. The molecule has 0 aliphatic carbocycles. The van der Waals surface area contributed by atoms with Gasteiger partial charge in [0.05, 0.1) is 11.6 Å². The molecule has 1 heterocycles. The van der Waals surface area contributed by atoms with E-state index in [1.54, 1.807) is 6.07 Å². The van der Waals surface area contributed by atoms with E-state index in [4.69, 9.17) is 16.3 Å². The second-order valence-electron chi connectivity index (χ2n) is 5.15. The van der Waals surface area contributed by atoms with E-state index < -0.39 is 0 Å². The molecule has 1 saturated heterocycles. The number of halogens is 1. The van der Waals surface area contributed by atoms with Crippen molar-refractivity contribution >= 4 is 17.6 Å². The highest BCUT2D eigenvalue weighted by Gasteiger charge is 2.18. The Kier molecular flexibility index (Phi) is 6.14. The van der Waals surface area contributed by atoms with Crippen LogP contribution < -0.4 is 10.1 Å². The molecule has 116 valence electrons. The maximum Gasteiger partial charge on any atom is 0.317 e. The van der Waals surface area contributed by atoms with Crippen LogP contribution in [0.4, 0.5) is 4.79 Å². The summed E-state index contributed by atoms with van der Waals surface area (Å²) in [6, 6.07) is 7.40. The third-order valence-corrected chi connectivity index (χ3v) is 3.79. The number of rotatable bonds is 5. The molecule has 1 N–H and O–H groups in total. The van der Waals surface area contributed by atoms with Crippen molar-refractivity contribution in [1.29, 1.82) is 0 Å². The lowest BCUT2D eigenvalue weighted by molar-refractivity contribution is 0.154. The van der Waals surface area contributed by atoms with Crippen LogP contribution in [0.3, 0.4) is 0 Å². The number of carbonyl (C=O) groups is 1. The van der Waals surface area contributed by atoms with Gasteiger partial charge in [0.2, 0.25) is 0 Å². The molecule has 0 atom stereocenters. The summed E-state index contributed by atoms with van der Waals surface area (Å²) in [5.74, 6) is 0.685. The van der Waals surface area contributed by atoms with Gasteiger partial charge in [-0.05, 0) is 25.6 Å². The first-order valence-electron chi connectivity index (χ1n) is 7.25. The van der Waals surface area contributed by atoms with Gasteiger partial charge in [-0.2, -0.15) is 0 Å². The van der Waals surface area contributed by atoms with E-state index in [0.717, 1.165) is 32.6 Å². The number of nitrogens with zero attached hydrogens (tertiary/aromatic N) is 2. The third-order valence-electron chi connectivity index (χ3n) is 3.48. The van der Waals surface area contributed by atoms with Crippen LogP contribution in [0.1, 0.15) is 6.42 Å². The van der Waals surface area contributed by atoms with Crippen molar-refractivity contribution in [2.75, 3.05) is 46.4 Å². The number of hydrogen-bond donors (Lipinski definition) is 1. The van der Waals surface area contributed by atoms with E-state index in [0.29, 0.717) is 23.9 Å². The molecule has 2 amide bonds. The first-order valence-corrected chi connectivity index (χ1v) is 7.63. The fraction of sp³-hybridized carbons (Fsp3) is 0.533. The molecule has 21 heavy (non-hydrogen) atoms. The highest BCUT2D eigenvalue weighted by atomic mass is 35.5. The van der Waals surface area contributed by atoms with E-state index in [1.807, 2.05) is 23.1 Å². The first kappa shape index (κ1) is 15.9. The average molecular weight is 312 g/mol. The Morgan fingerprint density at radius 1 is 1.29 bits per heavy atom. The van der Waals surface area contributed by atoms with Crippen LogP contribution in [0, 0.1) is 0 Å². The van der Waals surface area contributed by atoms with E-state index >= 15 is 0 Å². The van der Waals surface area contributed by atoms with Gasteiger partial charge in [-0.15, -0.1) is 0 Å². The minimum atomic E-state index is 0.0147. The average Bonchev–Trinajstić information content (AvgIpc) is 2.49.